The lowest BCUT2D eigenvalue weighted by molar-refractivity contribution is -0.359. The number of carbonyl (C=O) groups excluding carboxylic acids is 1. The van der Waals surface area contributed by atoms with Gasteiger partial charge in [0, 0.05) is 6.42 Å². The third-order valence-electron chi connectivity index (χ3n) is 14.2. The molecule has 2 aliphatic heterocycles. The van der Waals surface area contributed by atoms with E-state index in [1.54, 1.807) is 6.08 Å². The van der Waals surface area contributed by atoms with Crippen LogP contribution in [-0.2, 0) is 23.7 Å². The summed E-state index contributed by atoms with van der Waals surface area (Å²) in [6.07, 6.45) is 52.7. The van der Waals surface area contributed by atoms with Crippen molar-refractivity contribution >= 4 is 5.91 Å². The van der Waals surface area contributed by atoms with Gasteiger partial charge < -0.3 is 65.1 Å². The molecule has 0 aromatic rings. The van der Waals surface area contributed by atoms with E-state index < -0.39 is 86.8 Å². The van der Waals surface area contributed by atoms with Crippen molar-refractivity contribution in [1.29, 1.82) is 0 Å². The molecular weight excluding hydrogens is 1000 g/mol. The summed E-state index contributed by atoms with van der Waals surface area (Å²) < 4.78 is 22.7. The van der Waals surface area contributed by atoms with Gasteiger partial charge in [0.2, 0.25) is 5.91 Å². The summed E-state index contributed by atoms with van der Waals surface area (Å²) in [6.45, 7) is 2.63. The first-order chi connectivity index (χ1) is 38.6. The average molecular weight is 1110 g/mol. The number of aliphatic hydroxyl groups is 8. The first-order valence-electron chi connectivity index (χ1n) is 30.6. The van der Waals surface area contributed by atoms with Crippen LogP contribution in [0.25, 0.3) is 0 Å². The van der Waals surface area contributed by atoms with Crippen LogP contribution in [0, 0.1) is 0 Å². The van der Waals surface area contributed by atoms with Crippen molar-refractivity contribution in [2.24, 2.45) is 0 Å². The number of hydrogen-bond acceptors (Lipinski definition) is 13. The number of amides is 1. The van der Waals surface area contributed by atoms with E-state index in [-0.39, 0.29) is 18.9 Å². The second-order valence-electron chi connectivity index (χ2n) is 21.1. The van der Waals surface area contributed by atoms with Crippen LogP contribution < -0.4 is 5.32 Å². The molecule has 79 heavy (non-hydrogen) atoms. The molecular formula is C65H109NO13. The molecule has 12 atom stereocenters. The first kappa shape index (κ1) is 71.8. The number of nitrogens with one attached hydrogen (secondary N) is 1. The topological polar surface area (TPSA) is 228 Å². The number of allylic oxidation sites excluding steroid dienone is 17. The van der Waals surface area contributed by atoms with E-state index in [9.17, 15) is 45.6 Å². The molecule has 2 heterocycles. The van der Waals surface area contributed by atoms with E-state index in [2.05, 4.69) is 116 Å². The quantitative estimate of drug-likeness (QED) is 0.0204. The summed E-state index contributed by atoms with van der Waals surface area (Å²) >= 11 is 0. The maximum Gasteiger partial charge on any atom is 0.220 e. The van der Waals surface area contributed by atoms with Gasteiger partial charge in [0.25, 0.3) is 0 Å². The Hall–Kier alpha value is -3.35. The molecule has 0 saturated carbocycles. The Morgan fingerprint density at radius 1 is 0.468 bits per heavy atom. The highest BCUT2D eigenvalue weighted by molar-refractivity contribution is 5.76. The monoisotopic (exact) mass is 1110 g/mol. The minimum absolute atomic E-state index is 0.257. The minimum atomic E-state index is -1.80. The van der Waals surface area contributed by atoms with Crippen LogP contribution in [-0.4, -0.2) is 140 Å². The molecule has 452 valence electrons. The van der Waals surface area contributed by atoms with Gasteiger partial charge in [0.05, 0.1) is 32.0 Å². The molecule has 2 rings (SSSR count). The van der Waals surface area contributed by atoms with Crippen molar-refractivity contribution in [2.45, 2.75) is 274 Å². The van der Waals surface area contributed by atoms with E-state index in [4.69, 9.17) is 18.9 Å². The van der Waals surface area contributed by atoms with Crippen LogP contribution >= 0.6 is 0 Å². The normalized spacial score (nSPS) is 25.2. The second kappa shape index (κ2) is 49.3. The van der Waals surface area contributed by atoms with Crippen LogP contribution in [0.15, 0.2) is 109 Å². The Balaban J connectivity index is 1.74. The summed E-state index contributed by atoms with van der Waals surface area (Å²) in [5.74, 6) is -0.264. The first-order valence-corrected chi connectivity index (χ1v) is 30.6. The summed E-state index contributed by atoms with van der Waals surface area (Å²) in [6, 6.07) is -0.948. The molecule has 0 aromatic carbocycles. The highest BCUT2D eigenvalue weighted by Gasteiger charge is 2.51. The number of hydrogen-bond donors (Lipinski definition) is 9. The Kier molecular flexibility index (Phi) is 44.8. The molecule has 1 amide bonds. The van der Waals surface area contributed by atoms with Crippen molar-refractivity contribution in [2.75, 3.05) is 19.8 Å². The number of ether oxygens (including phenoxy) is 4. The SMILES string of the molecule is CC/C=C\C/C=C\C/C=C\C/C=C\C/C=C\C/C=C\CCCCCCCCCCCCC(=O)NC(COC1OC(CO)C(OC2OC(CO)C(O)C(O)C2O)C(O)C1O)C(O)/C=C/CC/C=C/CC/C=C/CCCCCCCC. The predicted molar refractivity (Wildman–Crippen MR) is 318 cm³/mol. The van der Waals surface area contributed by atoms with Crippen LogP contribution in [0.2, 0.25) is 0 Å². The van der Waals surface area contributed by atoms with Crippen LogP contribution in [0.3, 0.4) is 0 Å². The molecule has 2 aliphatic rings. The fourth-order valence-electron chi connectivity index (χ4n) is 9.27. The summed E-state index contributed by atoms with van der Waals surface area (Å²) in [5.41, 5.74) is 0. The van der Waals surface area contributed by atoms with Crippen molar-refractivity contribution in [3.63, 3.8) is 0 Å². The molecule has 0 aliphatic carbocycles. The Labute approximate surface area is 476 Å². The lowest BCUT2D eigenvalue weighted by atomic mass is 9.97. The predicted octanol–water partition coefficient (Wildman–Crippen LogP) is 10.8. The van der Waals surface area contributed by atoms with Crippen molar-refractivity contribution in [3.05, 3.63) is 109 Å². The van der Waals surface area contributed by atoms with Gasteiger partial charge in [-0.1, -0.05) is 207 Å². The van der Waals surface area contributed by atoms with Crippen LogP contribution in [0.4, 0.5) is 0 Å². The minimum Gasteiger partial charge on any atom is -0.394 e. The molecule has 0 bridgehead atoms. The molecule has 0 aromatic heterocycles. The fraction of sp³-hybridized carbons (Fsp3) is 0.708. The molecule has 14 nitrogen and oxygen atoms in total. The maximum absolute atomic E-state index is 13.3. The lowest BCUT2D eigenvalue weighted by Crippen LogP contribution is -2.65. The average Bonchev–Trinajstić information content (AvgIpc) is 3.48. The third kappa shape index (κ3) is 34.6. The van der Waals surface area contributed by atoms with Crippen molar-refractivity contribution in [1.82, 2.24) is 5.32 Å². The van der Waals surface area contributed by atoms with Crippen LogP contribution in [0.1, 0.15) is 200 Å². The zero-order valence-corrected chi connectivity index (χ0v) is 48.6. The van der Waals surface area contributed by atoms with Crippen molar-refractivity contribution < 1.29 is 64.6 Å². The van der Waals surface area contributed by atoms with Crippen LogP contribution in [0.5, 0.6) is 0 Å². The molecule has 12 unspecified atom stereocenters. The molecule has 2 fully saturated rings. The fourth-order valence-corrected chi connectivity index (χ4v) is 9.27. The van der Waals surface area contributed by atoms with Crippen molar-refractivity contribution in [3.8, 4) is 0 Å². The number of carbonyl (C=O) groups is 1. The van der Waals surface area contributed by atoms with E-state index in [1.807, 2.05) is 6.08 Å². The van der Waals surface area contributed by atoms with Gasteiger partial charge in [-0.2, -0.15) is 0 Å². The van der Waals surface area contributed by atoms with Gasteiger partial charge in [-0.25, -0.2) is 0 Å². The summed E-state index contributed by atoms with van der Waals surface area (Å²) in [7, 11) is 0. The number of aliphatic hydroxyl groups excluding tert-OH is 8. The molecule has 2 saturated heterocycles. The molecule has 0 radical (unpaired) electrons. The van der Waals surface area contributed by atoms with Gasteiger partial charge in [-0.05, 0) is 96.3 Å². The van der Waals surface area contributed by atoms with E-state index in [0.717, 1.165) is 89.9 Å². The molecule has 9 N–H and O–H groups in total. The standard InChI is InChI=1S/C65H109NO13/c1-3-5-7-9-11-13-15-17-19-21-22-23-24-25-26-27-28-29-30-31-32-33-35-37-39-41-43-45-47-49-57(70)66-53(54(69)48-46-44-42-40-38-36-34-20-18-16-14-12-10-8-6-4-2)52-76-64-62(75)60(73)63(56(51-68)78-64)79-65-61(74)59(72)58(71)55(50-67)77-65/h5,7,11,13,17-20,22-23,25-26,28-29,38,40,46,48,53-56,58-65,67-69,71-75H,3-4,6,8-10,12,14-16,21,24,27,30-37,39,41-45,47,49-52H2,1-2H3,(H,66,70)/b7-5-,13-11-,19-17-,20-18+,23-22-,26-25-,29-28-,40-38+,48-46+. The van der Waals surface area contributed by atoms with E-state index in [1.165, 1.54) is 77.0 Å². The van der Waals surface area contributed by atoms with Gasteiger partial charge in [0.15, 0.2) is 12.6 Å². The Bertz CT molecular complexity index is 1740. The summed E-state index contributed by atoms with van der Waals surface area (Å²) in [5, 5.41) is 87.1. The smallest absolute Gasteiger partial charge is 0.220 e. The maximum atomic E-state index is 13.3. The van der Waals surface area contributed by atoms with Gasteiger partial charge in [-0.15, -0.1) is 0 Å². The zero-order valence-electron chi connectivity index (χ0n) is 48.6. The van der Waals surface area contributed by atoms with E-state index in [0.29, 0.717) is 12.8 Å². The van der Waals surface area contributed by atoms with Gasteiger partial charge in [-0.3, -0.25) is 4.79 Å². The highest BCUT2D eigenvalue weighted by Crippen LogP contribution is 2.30. The number of rotatable bonds is 47. The lowest BCUT2D eigenvalue weighted by Gasteiger charge is -2.46. The number of unbranched alkanes of at least 4 members (excludes halogenated alkanes) is 18. The Morgan fingerprint density at radius 3 is 1.39 bits per heavy atom. The third-order valence-corrected chi connectivity index (χ3v) is 14.2. The zero-order chi connectivity index (χ0) is 57.4. The molecule has 14 heteroatoms. The van der Waals surface area contributed by atoms with E-state index >= 15 is 0 Å². The summed E-state index contributed by atoms with van der Waals surface area (Å²) in [4.78, 5) is 13.3. The highest BCUT2D eigenvalue weighted by atomic mass is 16.7. The molecule has 0 spiro atoms. The Morgan fingerprint density at radius 2 is 0.886 bits per heavy atom. The van der Waals surface area contributed by atoms with Gasteiger partial charge in [0.1, 0.15) is 48.8 Å². The largest absolute Gasteiger partial charge is 0.394 e. The second-order valence-corrected chi connectivity index (χ2v) is 21.1. The van der Waals surface area contributed by atoms with Gasteiger partial charge >= 0.3 is 0 Å².